The van der Waals surface area contributed by atoms with Gasteiger partial charge in [0.2, 0.25) is 0 Å². The van der Waals surface area contributed by atoms with E-state index in [0.717, 1.165) is 16.0 Å². The number of carbonyl (C=O) groups excluding carboxylic acids is 2. The largest absolute Gasteiger partial charge is 0.490 e. The van der Waals surface area contributed by atoms with Crippen LogP contribution in [0.25, 0.3) is 6.08 Å². The van der Waals surface area contributed by atoms with Crippen molar-refractivity contribution >= 4 is 24.0 Å². The zero-order chi connectivity index (χ0) is 24.0. The normalized spacial score (nSPS) is 14.4. The summed E-state index contributed by atoms with van der Waals surface area (Å²) in [6.45, 7) is 8.29. The molecule has 2 aromatic carbocycles. The van der Waals surface area contributed by atoms with Gasteiger partial charge in [0, 0.05) is 12.1 Å². The number of nitrogens with zero attached hydrogens (tertiary/aromatic N) is 1. The fraction of sp³-hybridized carbons (Fsp3) is 0.240. The first-order chi connectivity index (χ1) is 15.9. The fourth-order valence-electron chi connectivity index (χ4n) is 3.43. The van der Waals surface area contributed by atoms with Gasteiger partial charge < -0.3 is 19.9 Å². The van der Waals surface area contributed by atoms with Gasteiger partial charge >= 0.3 is 12.0 Å². The smallest absolute Gasteiger partial charge is 0.335 e. The maximum absolute atomic E-state index is 12.4. The van der Waals surface area contributed by atoms with Crippen molar-refractivity contribution in [2.45, 2.75) is 26.9 Å². The number of ether oxygens (including phenoxy) is 2. The molecule has 3 amide bonds. The van der Waals surface area contributed by atoms with Crippen molar-refractivity contribution in [1.82, 2.24) is 10.2 Å². The Morgan fingerprint density at radius 2 is 1.88 bits per heavy atom. The van der Waals surface area contributed by atoms with Gasteiger partial charge in [-0.1, -0.05) is 18.2 Å². The number of carbonyl (C=O) groups is 3. The maximum atomic E-state index is 12.4. The summed E-state index contributed by atoms with van der Waals surface area (Å²) in [6, 6.07) is 9.61. The van der Waals surface area contributed by atoms with E-state index in [1.807, 2.05) is 13.0 Å². The Balaban J connectivity index is 1.92. The molecule has 8 heteroatoms. The number of likely N-dealkylation sites (N-methyl/N-ethyl adjacent to an activating group) is 1. The molecule has 0 spiro atoms. The summed E-state index contributed by atoms with van der Waals surface area (Å²) < 4.78 is 11.9. The number of allylic oxidation sites excluding steroid dienone is 1. The maximum Gasteiger partial charge on any atom is 0.335 e. The van der Waals surface area contributed by atoms with E-state index in [9.17, 15) is 14.4 Å². The third kappa shape index (κ3) is 5.41. The summed E-state index contributed by atoms with van der Waals surface area (Å²) in [5, 5.41) is 11.6. The molecule has 1 aliphatic rings. The number of imide groups is 1. The monoisotopic (exact) mass is 450 g/mol. The lowest BCUT2D eigenvalue weighted by Crippen LogP contribution is -2.30. The predicted octanol–water partition coefficient (Wildman–Crippen LogP) is 4.00. The highest BCUT2D eigenvalue weighted by molar-refractivity contribution is 6.13. The molecule has 8 nitrogen and oxygen atoms in total. The van der Waals surface area contributed by atoms with Crippen LogP contribution < -0.4 is 14.8 Å². The number of hydrogen-bond acceptors (Lipinski definition) is 5. The fourth-order valence-corrected chi connectivity index (χ4v) is 3.43. The number of aromatic carboxylic acids is 1. The molecule has 0 unspecified atom stereocenters. The highest BCUT2D eigenvalue weighted by atomic mass is 16.5. The SMILES string of the molecule is C=CCc1cc(/C=C2/NC(=O)N(CC)C2=O)cc(OCC)c1OCc1ccc(C(=O)O)cc1. The molecule has 1 aliphatic heterocycles. The van der Waals surface area contributed by atoms with Crippen molar-refractivity contribution in [3.05, 3.63) is 77.0 Å². The molecule has 2 N–H and O–H groups in total. The first-order valence-electron chi connectivity index (χ1n) is 10.6. The Labute approximate surface area is 192 Å². The third-order valence-electron chi connectivity index (χ3n) is 4.99. The van der Waals surface area contributed by atoms with Crippen molar-refractivity contribution in [2.24, 2.45) is 0 Å². The Kier molecular flexibility index (Phi) is 7.50. The van der Waals surface area contributed by atoms with Crippen LogP contribution in [0.3, 0.4) is 0 Å². The van der Waals surface area contributed by atoms with Crippen molar-refractivity contribution in [3.8, 4) is 11.5 Å². The summed E-state index contributed by atoms with van der Waals surface area (Å²) in [5.74, 6) is -0.331. The summed E-state index contributed by atoms with van der Waals surface area (Å²) in [5.41, 5.74) is 2.68. The van der Waals surface area contributed by atoms with Gasteiger partial charge in [-0.3, -0.25) is 9.69 Å². The van der Waals surface area contributed by atoms with Crippen LogP contribution in [0.2, 0.25) is 0 Å². The molecule has 2 aromatic rings. The van der Waals surface area contributed by atoms with Crippen molar-refractivity contribution in [3.63, 3.8) is 0 Å². The van der Waals surface area contributed by atoms with E-state index >= 15 is 0 Å². The summed E-state index contributed by atoms with van der Waals surface area (Å²) in [4.78, 5) is 36.6. The molecular weight excluding hydrogens is 424 g/mol. The Hall–Kier alpha value is -4.07. The minimum absolute atomic E-state index is 0.195. The van der Waals surface area contributed by atoms with Crippen LogP contribution in [0, 0.1) is 0 Å². The molecule has 3 rings (SSSR count). The van der Waals surface area contributed by atoms with Crippen molar-refractivity contribution in [1.29, 1.82) is 0 Å². The van der Waals surface area contributed by atoms with Gasteiger partial charge in [0.1, 0.15) is 12.3 Å². The number of hydrogen-bond donors (Lipinski definition) is 2. The topological polar surface area (TPSA) is 105 Å². The highest BCUT2D eigenvalue weighted by Gasteiger charge is 2.32. The van der Waals surface area contributed by atoms with Gasteiger partial charge in [-0.2, -0.15) is 0 Å². The lowest BCUT2D eigenvalue weighted by Gasteiger charge is -2.17. The van der Waals surface area contributed by atoms with E-state index in [1.54, 1.807) is 37.3 Å². The van der Waals surface area contributed by atoms with E-state index in [1.165, 1.54) is 12.1 Å². The van der Waals surface area contributed by atoms with Crippen molar-refractivity contribution in [2.75, 3.05) is 13.2 Å². The van der Waals surface area contributed by atoms with Crippen molar-refractivity contribution < 1.29 is 29.0 Å². The number of urea groups is 1. The van der Waals surface area contributed by atoms with Gasteiger partial charge in [-0.05, 0) is 61.7 Å². The van der Waals surface area contributed by atoms with Crippen LogP contribution in [-0.2, 0) is 17.8 Å². The lowest BCUT2D eigenvalue weighted by molar-refractivity contribution is -0.122. The molecule has 0 bridgehead atoms. The second-order valence-electron chi connectivity index (χ2n) is 7.26. The molecule has 1 heterocycles. The number of carboxylic acids is 1. The number of carboxylic acid groups (broad SMARTS) is 1. The third-order valence-corrected chi connectivity index (χ3v) is 4.99. The Morgan fingerprint density at radius 1 is 1.15 bits per heavy atom. The van der Waals surface area contributed by atoms with E-state index in [-0.39, 0.29) is 30.3 Å². The first kappa shape index (κ1) is 23.6. The van der Waals surface area contributed by atoms with E-state index in [4.69, 9.17) is 14.6 Å². The van der Waals surface area contributed by atoms with E-state index in [2.05, 4.69) is 11.9 Å². The molecule has 33 heavy (non-hydrogen) atoms. The summed E-state index contributed by atoms with van der Waals surface area (Å²) >= 11 is 0. The standard InChI is InChI=1S/C25H26N2O6/c1-4-7-19-12-17(13-20-23(28)27(5-2)25(31)26-20)14-21(32-6-3)22(19)33-15-16-8-10-18(11-9-16)24(29)30/h4,8-14H,1,5-7,15H2,2-3H3,(H,26,31)(H,29,30)/b20-13+. The van der Waals surface area contributed by atoms with Crippen LogP contribution >= 0.6 is 0 Å². The summed E-state index contributed by atoms with van der Waals surface area (Å²) in [6.07, 6.45) is 3.84. The highest BCUT2D eigenvalue weighted by Crippen LogP contribution is 2.35. The van der Waals surface area contributed by atoms with Crippen LogP contribution in [0.1, 0.15) is 40.9 Å². The van der Waals surface area contributed by atoms with Gasteiger partial charge in [0.25, 0.3) is 5.91 Å². The molecule has 172 valence electrons. The first-order valence-corrected chi connectivity index (χ1v) is 10.6. The minimum atomic E-state index is -0.988. The lowest BCUT2D eigenvalue weighted by atomic mass is 10.0. The van der Waals surface area contributed by atoms with Crippen LogP contribution in [0.4, 0.5) is 4.79 Å². The zero-order valence-corrected chi connectivity index (χ0v) is 18.6. The molecule has 1 fully saturated rings. The molecule has 1 saturated heterocycles. The number of rotatable bonds is 10. The molecule has 0 radical (unpaired) electrons. The second kappa shape index (κ2) is 10.5. The Morgan fingerprint density at radius 3 is 2.45 bits per heavy atom. The minimum Gasteiger partial charge on any atom is -0.490 e. The zero-order valence-electron chi connectivity index (χ0n) is 18.6. The molecule has 0 aliphatic carbocycles. The summed E-state index contributed by atoms with van der Waals surface area (Å²) in [7, 11) is 0. The van der Waals surface area contributed by atoms with Gasteiger partial charge in [-0.25, -0.2) is 9.59 Å². The van der Waals surface area contributed by atoms with Gasteiger partial charge in [0.05, 0.1) is 12.2 Å². The Bertz CT molecular complexity index is 1100. The van der Waals surface area contributed by atoms with Crippen LogP contribution in [-0.4, -0.2) is 41.1 Å². The van der Waals surface area contributed by atoms with Gasteiger partial charge in [0.15, 0.2) is 11.5 Å². The molecule has 0 saturated carbocycles. The second-order valence-corrected chi connectivity index (χ2v) is 7.26. The van der Waals surface area contributed by atoms with Crippen LogP contribution in [0.5, 0.6) is 11.5 Å². The van der Waals surface area contributed by atoms with Gasteiger partial charge in [-0.15, -0.1) is 6.58 Å². The molecular formula is C25H26N2O6. The predicted molar refractivity (Wildman–Crippen MR) is 123 cm³/mol. The average molecular weight is 450 g/mol. The molecule has 0 atom stereocenters. The quantitative estimate of drug-likeness (QED) is 0.322. The average Bonchev–Trinajstić information content (AvgIpc) is 3.06. The van der Waals surface area contributed by atoms with E-state index in [0.29, 0.717) is 30.1 Å². The molecule has 0 aromatic heterocycles. The van der Waals surface area contributed by atoms with Crippen LogP contribution in [0.15, 0.2) is 54.8 Å². The number of nitrogens with one attached hydrogen (secondary N) is 1. The van der Waals surface area contributed by atoms with E-state index < -0.39 is 12.0 Å². The number of benzene rings is 2. The number of amides is 3.